The van der Waals surface area contributed by atoms with Crippen molar-refractivity contribution in [2.75, 3.05) is 26.3 Å². The predicted octanol–water partition coefficient (Wildman–Crippen LogP) is 4.82. The highest BCUT2D eigenvalue weighted by Crippen LogP contribution is 2.37. The number of benzene rings is 2. The van der Waals surface area contributed by atoms with Gasteiger partial charge in [0.2, 0.25) is 0 Å². The molecule has 0 N–H and O–H groups in total. The molecule has 40 heavy (non-hydrogen) atoms. The first-order chi connectivity index (χ1) is 19.2. The number of amides is 1. The molecular weight excluding hydrogens is 569 g/mol. The normalized spacial score (nSPS) is 14.8. The molecule has 0 aliphatic carbocycles. The number of carbonyl (C=O) groups excluding carboxylic acids is 1. The molecule has 2 aromatic carbocycles. The van der Waals surface area contributed by atoms with Crippen molar-refractivity contribution in [3.8, 4) is 23.8 Å². The lowest BCUT2D eigenvalue weighted by Gasteiger charge is -2.29. The fraction of sp³-hybridized carbons (Fsp3) is 0.300. The highest BCUT2D eigenvalue weighted by molar-refractivity contribution is 7.07. The van der Waals surface area contributed by atoms with Crippen molar-refractivity contribution in [1.82, 2.24) is 9.47 Å². The molecule has 0 bridgehead atoms. The number of thiazole rings is 1. The Morgan fingerprint density at radius 1 is 1.18 bits per heavy atom. The van der Waals surface area contributed by atoms with Gasteiger partial charge in [-0.3, -0.25) is 14.2 Å². The number of hydrogen-bond acceptors (Lipinski definition) is 6. The number of terminal acetylenes is 1. The fourth-order valence-electron chi connectivity index (χ4n) is 4.58. The van der Waals surface area contributed by atoms with Gasteiger partial charge in [0.05, 0.1) is 33.5 Å². The first-order valence-corrected chi connectivity index (χ1v) is 14.4. The van der Waals surface area contributed by atoms with Gasteiger partial charge in [0, 0.05) is 18.1 Å². The molecule has 1 aromatic heterocycles. The molecule has 0 radical (unpaired) electrons. The fourth-order valence-corrected chi connectivity index (χ4v) is 6.02. The molecule has 0 saturated carbocycles. The number of carbonyl (C=O) groups is 1. The van der Waals surface area contributed by atoms with Crippen LogP contribution < -0.4 is 24.4 Å². The number of ether oxygens (including phenoxy) is 2. The molecule has 1 aliphatic heterocycles. The van der Waals surface area contributed by atoms with E-state index in [1.165, 1.54) is 11.3 Å². The van der Waals surface area contributed by atoms with E-state index >= 15 is 0 Å². The van der Waals surface area contributed by atoms with Crippen molar-refractivity contribution in [1.29, 1.82) is 0 Å². The van der Waals surface area contributed by atoms with Gasteiger partial charge in [-0.15, -0.1) is 6.42 Å². The molecule has 0 saturated heterocycles. The summed E-state index contributed by atoms with van der Waals surface area (Å²) in [5, 5.41) is 0.868. The molecule has 0 fully saturated rings. The Bertz CT molecular complexity index is 1680. The first-order valence-electron chi connectivity index (χ1n) is 12.8. The maximum absolute atomic E-state index is 14.0. The minimum absolute atomic E-state index is 0.0380. The first kappa shape index (κ1) is 29.5. The average Bonchev–Trinajstić information content (AvgIpc) is 3.22. The van der Waals surface area contributed by atoms with Crippen molar-refractivity contribution in [3.05, 3.63) is 88.5 Å². The second-order valence-corrected chi connectivity index (χ2v) is 10.7. The van der Waals surface area contributed by atoms with E-state index in [-0.39, 0.29) is 18.1 Å². The van der Waals surface area contributed by atoms with Crippen LogP contribution in [0.15, 0.2) is 57.5 Å². The Labute approximate surface area is 247 Å². The maximum Gasteiger partial charge on any atom is 0.271 e. The summed E-state index contributed by atoms with van der Waals surface area (Å²) in [7, 11) is 0. The molecule has 1 atom stereocenters. The SMILES string of the molecule is C#CCOc1c(Cl)cc(/C=c2/sc3n(c2=O)[C@H](c2ccc(Cl)cc2)C(C(=O)N(CC)CC)=C(C)N=3)cc1OCC. The van der Waals surface area contributed by atoms with E-state index in [1.54, 1.807) is 46.7 Å². The summed E-state index contributed by atoms with van der Waals surface area (Å²) >= 11 is 13.9. The topological polar surface area (TPSA) is 73.1 Å². The maximum atomic E-state index is 14.0. The summed E-state index contributed by atoms with van der Waals surface area (Å²) in [6.07, 6.45) is 7.06. The Morgan fingerprint density at radius 2 is 1.88 bits per heavy atom. The second kappa shape index (κ2) is 12.8. The van der Waals surface area contributed by atoms with E-state index in [0.29, 0.717) is 67.4 Å². The zero-order chi connectivity index (χ0) is 29.0. The summed E-state index contributed by atoms with van der Waals surface area (Å²) in [4.78, 5) is 34.6. The summed E-state index contributed by atoms with van der Waals surface area (Å²) in [6, 6.07) is 9.95. The van der Waals surface area contributed by atoms with Crippen LogP contribution in [-0.2, 0) is 4.79 Å². The molecule has 4 rings (SSSR count). The number of aromatic nitrogens is 1. The summed E-state index contributed by atoms with van der Waals surface area (Å²) in [6.45, 7) is 9.00. The van der Waals surface area contributed by atoms with Gasteiger partial charge < -0.3 is 14.4 Å². The third-order valence-corrected chi connectivity index (χ3v) is 7.93. The minimum atomic E-state index is -0.661. The van der Waals surface area contributed by atoms with Gasteiger partial charge in [0.25, 0.3) is 11.5 Å². The van der Waals surface area contributed by atoms with Gasteiger partial charge >= 0.3 is 0 Å². The van der Waals surface area contributed by atoms with Crippen LogP contribution in [0.1, 0.15) is 44.9 Å². The lowest BCUT2D eigenvalue weighted by Crippen LogP contribution is -2.43. The van der Waals surface area contributed by atoms with Crippen LogP contribution in [0.5, 0.6) is 11.5 Å². The van der Waals surface area contributed by atoms with Crippen LogP contribution in [0.25, 0.3) is 6.08 Å². The molecule has 208 valence electrons. The Morgan fingerprint density at radius 3 is 2.50 bits per heavy atom. The number of rotatable bonds is 9. The van der Waals surface area contributed by atoms with Crippen molar-refractivity contribution < 1.29 is 14.3 Å². The Hall–Kier alpha value is -3.51. The van der Waals surface area contributed by atoms with E-state index < -0.39 is 6.04 Å². The zero-order valence-corrected chi connectivity index (χ0v) is 25.0. The Balaban J connectivity index is 1.91. The number of fused-ring (bicyclic) bond motifs is 1. The lowest BCUT2D eigenvalue weighted by atomic mass is 9.94. The zero-order valence-electron chi connectivity index (χ0n) is 22.7. The smallest absolute Gasteiger partial charge is 0.271 e. The van der Waals surface area contributed by atoms with Crippen LogP contribution in [0.4, 0.5) is 0 Å². The number of halogens is 2. The molecular formula is C30H29Cl2N3O4S. The average molecular weight is 599 g/mol. The molecule has 0 spiro atoms. The molecule has 7 nitrogen and oxygen atoms in total. The van der Waals surface area contributed by atoms with Crippen LogP contribution in [0.3, 0.4) is 0 Å². The molecule has 10 heteroatoms. The van der Waals surface area contributed by atoms with Crippen LogP contribution >= 0.6 is 34.5 Å². The highest BCUT2D eigenvalue weighted by atomic mass is 35.5. The quantitative estimate of drug-likeness (QED) is 0.331. The van der Waals surface area contributed by atoms with Gasteiger partial charge in [0.15, 0.2) is 16.3 Å². The van der Waals surface area contributed by atoms with Crippen LogP contribution in [0, 0.1) is 12.3 Å². The second-order valence-electron chi connectivity index (χ2n) is 8.87. The number of hydrogen-bond donors (Lipinski definition) is 0. The van der Waals surface area contributed by atoms with E-state index in [1.807, 2.05) is 32.9 Å². The van der Waals surface area contributed by atoms with Crippen LogP contribution in [0.2, 0.25) is 10.0 Å². The van der Waals surface area contributed by atoms with E-state index in [9.17, 15) is 9.59 Å². The van der Waals surface area contributed by atoms with Crippen molar-refractivity contribution in [3.63, 3.8) is 0 Å². The van der Waals surface area contributed by atoms with Crippen molar-refractivity contribution in [2.24, 2.45) is 4.99 Å². The van der Waals surface area contributed by atoms with Crippen molar-refractivity contribution >= 4 is 46.5 Å². The van der Waals surface area contributed by atoms with E-state index in [4.69, 9.17) is 44.1 Å². The van der Waals surface area contributed by atoms with Crippen LogP contribution in [-0.4, -0.2) is 41.7 Å². The third kappa shape index (κ3) is 5.83. The summed E-state index contributed by atoms with van der Waals surface area (Å²) < 4.78 is 13.3. The molecule has 0 unspecified atom stereocenters. The van der Waals surface area contributed by atoms with Gasteiger partial charge in [-0.2, -0.15) is 0 Å². The number of nitrogens with zero attached hydrogens (tertiary/aromatic N) is 3. The van der Waals surface area contributed by atoms with Gasteiger partial charge in [-0.1, -0.05) is 52.6 Å². The molecule has 2 heterocycles. The molecule has 1 amide bonds. The van der Waals surface area contributed by atoms with E-state index in [2.05, 4.69) is 5.92 Å². The van der Waals surface area contributed by atoms with Gasteiger partial charge in [-0.05, 0) is 69.2 Å². The van der Waals surface area contributed by atoms with Crippen molar-refractivity contribution in [2.45, 2.75) is 33.7 Å². The largest absolute Gasteiger partial charge is 0.490 e. The van der Waals surface area contributed by atoms with Gasteiger partial charge in [0.1, 0.15) is 6.61 Å². The third-order valence-electron chi connectivity index (χ3n) is 6.42. The van der Waals surface area contributed by atoms with Gasteiger partial charge in [-0.25, -0.2) is 4.99 Å². The lowest BCUT2D eigenvalue weighted by molar-refractivity contribution is -0.127. The molecule has 3 aromatic rings. The van der Waals surface area contributed by atoms with E-state index in [0.717, 1.165) is 5.56 Å². The summed E-state index contributed by atoms with van der Waals surface area (Å²) in [5.41, 5.74) is 2.16. The predicted molar refractivity (Wildman–Crippen MR) is 160 cm³/mol. The minimum Gasteiger partial charge on any atom is -0.490 e. The summed E-state index contributed by atoms with van der Waals surface area (Å²) in [5.74, 6) is 3.03. The Kier molecular flexibility index (Phi) is 9.41. The number of allylic oxidation sites excluding steroid dienone is 1. The molecule has 1 aliphatic rings. The monoisotopic (exact) mass is 597 g/mol. The number of likely N-dealkylation sites (N-methyl/N-ethyl adjacent to an activating group) is 1. The standard InChI is InChI=1S/C30H29Cl2N3O4S/c1-6-14-39-27-22(32)15-19(16-23(27)38-9-4)17-24-28(36)35-26(20-10-12-21(31)13-11-20)25(18(5)33-30(35)40-24)29(37)34(7-2)8-3/h1,10-13,15-17,26H,7-9,14H2,2-5H3/b24-17+/t26-/m1/s1. The highest BCUT2D eigenvalue weighted by Gasteiger charge is 2.34.